The standard InChI is InChI=1S/C13H20N2O3/c1-13(2,3)18-12(16)15-8-9-17-11-6-4-10(14)5-7-11/h4-7H,8-9,14H2,1-3H3,(H,15,16). The molecule has 3 N–H and O–H groups in total. The summed E-state index contributed by atoms with van der Waals surface area (Å²) in [6, 6.07) is 7.08. The highest BCUT2D eigenvalue weighted by molar-refractivity contribution is 5.67. The van der Waals surface area contributed by atoms with Crippen molar-refractivity contribution in [2.75, 3.05) is 18.9 Å². The van der Waals surface area contributed by atoms with Gasteiger partial charge in [-0.3, -0.25) is 0 Å². The van der Waals surface area contributed by atoms with E-state index in [1.807, 2.05) is 20.8 Å². The predicted octanol–water partition coefficient (Wildman–Crippen LogP) is 2.17. The van der Waals surface area contributed by atoms with Crippen LogP contribution in [-0.4, -0.2) is 24.8 Å². The summed E-state index contributed by atoms with van der Waals surface area (Å²) in [5.74, 6) is 0.718. The molecule has 0 aliphatic rings. The Morgan fingerprint density at radius 2 is 1.89 bits per heavy atom. The lowest BCUT2D eigenvalue weighted by Crippen LogP contribution is -2.34. The van der Waals surface area contributed by atoms with E-state index < -0.39 is 11.7 Å². The molecular weight excluding hydrogens is 232 g/mol. The number of hydrogen-bond acceptors (Lipinski definition) is 4. The molecule has 1 aromatic rings. The lowest BCUT2D eigenvalue weighted by atomic mass is 10.2. The second kappa shape index (κ2) is 6.14. The molecule has 0 aliphatic heterocycles. The van der Waals surface area contributed by atoms with Crippen LogP contribution in [0.2, 0.25) is 0 Å². The van der Waals surface area contributed by atoms with Crippen molar-refractivity contribution in [2.45, 2.75) is 26.4 Å². The van der Waals surface area contributed by atoms with Gasteiger partial charge in [0.1, 0.15) is 18.0 Å². The van der Waals surface area contributed by atoms with Gasteiger partial charge in [-0.05, 0) is 45.0 Å². The Balaban J connectivity index is 2.19. The Hall–Kier alpha value is -1.91. The third-order valence-corrected chi connectivity index (χ3v) is 1.92. The first-order valence-electron chi connectivity index (χ1n) is 5.82. The lowest BCUT2D eigenvalue weighted by Gasteiger charge is -2.19. The van der Waals surface area contributed by atoms with E-state index in [1.54, 1.807) is 24.3 Å². The molecule has 0 spiro atoms. The minimum Gasteiger partial charge on any atom is -0.492 e. The quantitative estimate of drug-likeness (QED) is 0.636. The Morgan fingerprint density at radius 1 is 1.28 bits per heavy atom. The summed E-state index contributed by atoms with van der Waals surface area (Å²) in [5.41, 5.74) is 5.76. The maximum Gasteiger partial charge on any atom is 0.407 e. The first kappa shape index (κ1) is 14.2. The van der Waals surface area contributed by atoms with Gasteiger partial charge in [0.15, 0.2) is 0 Å². The zero-order chi connectivity index (χ0) is 13.6. The number of alkyl carbamates (subject to hydrolysis) is 1. The van der Waals surface area contributed by atoms with Crippen LogP contribution in [-0.2, 0) is 4.74 Å². The summed E-state index contributed by atoms with van der Waals surface area (Å²) in [6.45, 7) is 6.22. The van der Waals surface area contributed by atoms with Crippen molar-refractivity contribution < 1.29 is 14.3 Å². The minimum absolute atomic E-state index is 0.378. The van der Waals surface area contributed by atoms with Crippen molar-refractivity contribution in [3.05, 3.63) is 24.3 Å². The normalized spacial score (nSPS) is 10.8. The molecule has 0 saturated carbocycles. The third-order valence-electron chi connectivity index (χ3n) is 1.92. The zero-order valence-electron chi connectivity index (χ0n) is 11.0. The van der Waals surface area contributed by atoms with E-state index in [2.05, 4.69) is 5.32 Å². The maximum atomic E-state index is 11.3. The second-order valence-corrected chi connectivity index (χ2v) is 4.85. The van der Waals surface area contributed by atoms with Gasteiger partial charge in [-0.1, -0.05) is 0 Å². The number of nitrogens with two attached hydrogens (primary N) is 1. The molecule has 0 radical (unpaired) electrons. The summed E-state index contributed by atoms with van der Waals surface area (Å²) >= 11 is 0. The number of hydrogen-bond donors (Lipinski definition) is 2. The number of rotatable bonds is 4. The highest BCUT2D eigenvalue weighted by atomic mass is 16.6. The van der Waals surface area contributed by atoms with Gasteiger partial charge in [-0.2, -0.15) is 0 Å². The van der Waals surface area contributed by atoms with E-state index in [1.165, 1.54) is 0 Å². The fraction of sp³-hybridized carbons (Fsp3) is 0.462. The number of anilines is 1. The first-order chi connectivity index (χ1) is 8.37. The smallest absolute Gasteiger partial charge is 0.407 e. The summed E-state index contributed by atoms with van der Waals surface area (Å²) < 4.78 is 10.5. The maximum absolute atomic E-state index is 11.3. The van der Waals surface area contributed by atoms with Gasteiger partial charge in [0, 0.05) is 5.69 Å². The highest BCUT2D eigenvalue weighted by Crippen LogP contribution is 2.12. The number of carbonyl (C=O) groups is 1. The number of nitrogens with one attached hydrogen (secondary N) is 1. The van der Waals surface area contributed by atoms with E-state index in [4.69, 9.17) is 15.2 Å². The number of amides is 1. The van der Waals surface area contributed by atoms with Crippen molar-refractivity contribution in [3.8, 4) is 5.75 Å². The monoisotopic (exact) mass is 252 g/mol. The number of ether oxygens (including phenoxy) is 2. The molecule has 100 valence electrons. The molecule has 18 heavy (non-hydrogen) atoms. The fourth-order valence-corrected chi connectivity index (χ4v) is 1.20. The van der Waals surface area contributed by atoms with Crippen molar-refractivity contribution >= 4 is 11.8 Å². The van der Waals surface area contributed by atoms with Crippen LogP contribution in [0.3, 0.4) is 0 Å². The Kier molecular flexibility index (Phi) is 4.83. The van der Waals surface area contributed by atoms with Crippen LogP contribution < -0.4 is 15.8 Å². The molecule has 0 unspecified atom stereocenters. The average molecular weight is 252 g/mol. The first-order valence-corrected chi connectivity index (χ1v) is 5.82. The lowest BCUT2D eigenvalue weighted by molar-refractivity contribution is 0.0520. The molecule has 0 bridgehead atoms. The molecule has 1 aromatic carbocycles. The van der Waals surface area contributed by atoms with Gasteiger partial charge >= 0.3 is 6.09 Å². The zero-order valence-corrected chi connectivity index (χ0v) is 11.0. The molecule has 0 saturated heterocycles. The van der Waals surface area contributed by atoms with E-state index in [0.717, 1.165) is 5.75 Å². The van der Waals surface area contributed by atoms with Gasteiger partial charge in [0.25, 0.3) is 0 Å². The molecular formula is C13H20N2O3. The van der Waals surface area contributed by atoms with Crippen molar-refractivity contribution in [1.29, 1.82) is 0 Å². The van der Waals surface area contributed by atoms with Crippen LogP contribution >= 0.6 is 0 Å². The minimum atomic E-state index is -0.484. The summed E-state index contributed by atoms with van der Waals surface area (Å²) in [6.07, 6.45) is -0.441. The predicted molar refractivity (Wildman–Crippen MR) is 70.6 cm³/mol. The Labute approximate surface area is 107 Å². The van der Waals surface area contributed by atoms with Gasteiger partial charge in [0.05, 0.1) is 6.54 Å². The van der Waals surface area contributed by atoms with Gasteiger partial charge in [-0.25, -0.2) is 4.79 Å². The Bertz CT molecular complexity index is 382. The number of nitrogen functional groups attached to an aromatic ring is 1. The molecule has 5 heteroatoms. The number of carbonyl (C=O) groups excluding carboxylic acids is 1. The van der Waals surface area contributed by atoms with Crippen LogP contribution in [0.25, 0.3) is 0 Å². The van der Waals surface area contributed by atoms with Crippen molar-refractivity contribution in [1.82, 2.24) is 5.32 Å². The van der Waals surface area contributed by atoms with Crippen molar-refractivity contribution in [3.63, 3.8) is 0 Å². The number of benzene rings is 1. The van der Waals surface area contributed by atoms with Gasteiger partial charge in [0.2, 0.25) is 0 Å². The highest BCUT2D eigenvalue weighted by Gasteiger charge is 2.15. The van der Waals surface area contributed by atoms with Crippen molar-refractivity contribution in [2.24, 2.45) is 0 Å². The van der Waals surface area contributed by atoms with Gasteiger partial charge < -0.3 is 20.5 Å². The Morgan fingerprint density at radius 3 is 2.44 bits per heavy atom. The van der Waals surface area contributed by atoms with E-state index in [-0.39, 0.29) is 0 Å². The van der Waals surface area contributed by atoms with Gasteiger partial charge in [-0.15, -0.1) is 0 Å². The van der Waals surface area contributed by atoms with Crippen LogP contribution in [0, 0.1) is 0 Å². The largest absolute Gasteiger partial charge is 0.492 e. The van der Waals surface area contributed by atoms with Crippen LogP contribution in [0.5, 0.6) is 5.75 Å². The van der Waals surface area contributed by atoms with Crippen LogP contribution in [0.1, 0.15) is 20.8 Å². The summed E-state index contributed by atoms with van der Waals surface area (Å²) in [7, 11) is 0. The van der Waals surface area contributed by atoms with E-state index >= 15 is 0 Å². The molecule has 0 aromatic heterocycles. The molecule has 0 heterocycles. The summed E-state index contributed by atoms with van der Waals surface area (Å²) in [5, 5.41) is 2.61. The van der Waals surface area contributed by atoms with E-state index in [0.29, 0.717) is 18.8 Å². The molecule has 1 amide bonds. The topological polar surface area (TPSA) is 73.6 Å². The SMILES string of the molecule is CC(C)(C)OC(=O)NCCOc1ccc(N)cc1. The molecule has 0 fully saturated rings. The fourth-order valence-electron chi connectivity index (χ4n) is 1.20. The molecule has 5 nitrogen and oxygen atoms in total. The molecule has 0 aliphatic carbocycles. The second-order valence-electron chi connectivity index (χ2n) is 4.85. The van der Waals surface area contributed by atoms with Crippen LogP contribution in [0.15, 0.2) is 24.3 Å². The van der Waals surface area contributed by atoms with Crippen LogP contribution in [0.4, 0.5) is 10.5 Å². The summed E-state index contributed by atoms with van der Waals surface area (Å²) in [4.78, 5) is 11.3. The third kappa shape index (κ3) is 5.98. The molecule has 1 rings (SSSR count). The van der Waals surface area contributed by atoms with E-state index in [9.17, 15) is 4.79 Å². The average Bonchev–Trinajstić information content (AvgIpc) is 2.24. The molecule has 0 atom stereocenters.